The molecule has 0 aliphatic carbocycles. The molecule has 0 aliphatic rings. The van der Waals surface area contributed by atoms with Crippen molar-refractivity contribution < 1.29 is 87.2 Å². The molecule has 12 aromatic rings. The van der Waals surface area contributed by atoms with Crippen LogP contribution in [0.4, 0.5) is 0 Å². The SMILES string of the molecule is C.C.C.C.CC(C)n1nccc1-c1ncccc1COc1cccc(O)c1C=O.CC(C)n1nccc1B(O)O.COCOc1cccc(O)c1C=O.COCOc1cccc(OCc2cccnc2-c2ccnn2C(C)C)c1C=O.COCOc1cccc(OCc2cccnc2Cl)c1C=O.Cl.ClCc1cccnc1Cl.OCc1cccnc1Cl. The summed E-state index contributed by atoms with van der Waals surface area (Å²) in [5.74, 6) is 2.56. The van der Waals surface area contributed by atoms with Crippen molar-refractivity contribution in [2.45, 2.75) is 122 Å². The number of hydrogen-bond acceptors (Lipinski definition) is 26. The Morgan fingerprint density at radius 1 is 0.380 bits per heavy atom. The number of carbonyl (C=O) groups excluding carboxylic acids is 4. The summed E-state index contributed by atoms with van der Waals surface area (Å²) in [5.41, 5.74) is 8.82. The zero-order valence-corrected chi connectivity index (χ0v) is 69.1. The van der Waals surface area contributed by atoms with Gasteiger partial charge in [0, 0.05) is 117 Å². The van der Waals surface area contributed by atoms with Crippen molar-refractivity contribution in [3.63, 3.8) is 0 Å². The van der Waals surface area contributed by atoms with Gasteiger partial charge in [-0.15, -0.1) is 24.0 Å². The molecule has 29 nitrogen and oxygen atoms in total. The van der Waals surface area contributed by atoms with E-state index in [1.54, 1.807) is 145 Å². The zero-order chi connectivity index (χ0) is 84.3. The lowest BCUT2D eigenvalue weighted by molar-refractivity contribution is 0.0500. The lowest BCUT2D eigenvalue weighted by Gasteiger charge is -2.15. The Hall–Kier alpha value is -11.4. The van der Waals surface area contributed by atoms with Crippen molar-refractivity contribution in [1.82, 2.24) is 54.3 Å². The highest BCUT2D eigenvalue weighted by Crippen LogP contribution is 2.33. The number of alkyl halides is 1. The van der Waals surface area contributed by atoms with Crippen LogP contribution in [0, 0.1) is 0 Å². The van der Waals surface area contributed by atoms with E-state index in [0.717, 1.165) is 51.3 Å². The summed E-state index contributed by atoms with van der Waals surface area (Å²) in [6, 6.07) is 43.9. The monoisotopic (exact) mass is 1770 g/mol. The molecule has 650 valence electrons. The number of methoxy groups -OCH3 is 3. The lowest BCUT2D eigenvalue weighted by Crippen LogP contribution is -2.37. The fourth-order valence-electron chi connectivity index (χ4n) is 10.1. The molecular formula is C86H105BCl5N11O18. The number of aliphatic hydroxyl groups is 1. The molecule has 0 unspecified atom stereocenters. The van der Waals surface area contributed by atoms with E-state index in [1.807, 2.05) is 71.7 Å². The first-order chi connectivity index (χ1) is 56.1. The molecule has 35 heteroatoms. The average Bonchev–Trinajstić information content (AvgIpc) is 1.73. The Labute approximate surface area is 732 Å². The van der Waals surface area contributed by atoms with Gasteiger partial charge in [-0.1, -0.05) is 119 Å². The quantitative estimate of drug-likeness (QED) is 0.00917. The van der Waals surface area contributed by atoms with Crippen LogP contribution in [0.5, 0.6) is 46.0 Å². The number of phenols is 2. The molecule has 0 spiro atoms. The number of benzene rings is 4. The maximum Gasteiger partial charge on any atom is 0.507 e. The van der Waals surface area contributed by atoms with Crippen LogP contribution >= 0.6 is 58.8 Å². The highest BCUT2D eigenvalue weighted by Gasteiger charge is 2.21. The molecule has 0 saturated carbocycles. The first-order valence-corrected chi connectivity index (χ1v) is 37.0. The van der Waals surface area contributed by atoms with E-state index >= 15 is 0 Å². The van der Waals surface area contributed by atoms with Gasteiger partial charge in [-0.3, -0.25) is 43.2 Å². The summed E-state index contributed by atoms with van der Waals surface area (Å²) in [6.07, 6.45) is 15.9. The summed E-state index contributed by atoms with van der Waals surface area (Å²) < 4.78 is 53.0. The van der Waals surface area contributed by atoms with Crippen molar-refractivity contribution >= 4 is 96.7 Å². The minimum absolute atomic E-state index is 0. The fraction of sp³-hybridized carbons (Fsp3) is 0.279. The lowest BCUT2D eigenvalue weighted by atomic mass is 9.86. The molecule has 0 bridgehead atoms. The third kappa shape index (κ3) is 33.3. The minimum Gasteiger partial charge on any atom is -0.507 e. The van der Waals surface area contributed by atoms with Gasteiger partial charge in [0.15, 0.2) is 45.5 Å². The third-order valence-corrected chi connectivity index (χ3v) is 16.9. The summed E-state index contributed by atoms with van der Waals surface area (Å²) in [4.78, 5) is 65.1. The molecule has 121 heavy (non-hydrogen) atoms. The number of aldehydes is 4. The summed E-state index contributed by atoms with van der Waals surface area (Å²) in [7, 11) is 3.07. The Morgan fingerprint density at radius 3 is 0.983 bits per heavy atom. The van der Waals surface area contributed by atoms with Gasteiger partial charge in [-0.25, -0.2) is 15.0 Å². The number of aliphatic hydroxyl groups excluding tert-OH is 1. The third-order valence-electron chi connectivity index (χ3n) is 15.6. The average molecular weight is 1770 g/mol. The molecule has 0 saturated heterocycles. The van der Waals surface area contributed by atoms with Crippen molar-refractivity contribution in [2.75, 3.05) is 41.7 Å². The smallest absolute Gasteiger partial charge is 0.507 e. The van der Waals surface area contributed by atoms with Gasteiger partial charge in [0.2, 0.25) is 0 Å². The number of phenolic OH excluding ortho intramolecular Hbond substituents is 2. The van der Waals surface area contributed by atoms with E-state index in [2.05, 4.69) is 72.6 Å². The van der Waals surface area contributed by atoms with Crippen molar-refractivity contribution in [1.29, 1.82) is 0 Å². The molecule has 0 amide bonds. The van der Waals surface area contributed by atoms with E-state index < -0.39 is 7.12 Å². The van der Waals surface area contributed by atoms with Gasteiger partial charge in [-0.2, -0.15) is 15.3 Å². The van der Waals surface area contributed by atoms with E-state index in [1.165, 1.54) is 33.5 Å². The number of nitrogens with zero attached hydrogens (tertiary/aromatic N) is 11. The van der Waals surface area contributed by atoms with Gasteiger partial charge >= 0.3 is 7.12 Å². The number of hydrogen-bond donors (Lipinski definition) is 5. The van der Waals surface area contributed by atoms with Gasteiger partial charge in [0.25, 0.3) is 0 Å². The summed E-state index contributed by atoms with van der Waals surface area (Å²) >= 11 is 22.7. The Balaban J connectivity index is 0.000000729. The number of aromatic nitrogens is 11. The molecule has 0 atom stereocenters. The zero-order valence-electron chi connectivity index (χ0n) is 65.2. The maximum absolute atomic E-state index is 11.6. The minimum atomic E-state index is -1.43. The van der Waals surface area contributed by atoms with Crippen molar-refractivity contribution in [3.05, 3.63) is 267 Å². The highest BCUT2D eigenvalue weighted by molar-refractivity contribution is 6.57. The predicted molar refractivity (Wildman–Crippen MR) is 473 cm³/mol. The molecule has 0 radical (unpaired) electrons. The van der Waals surface area contributed by atoms with Gasteiger partial charge in [0.1, 0.15) is 81.3 Å². The summed E-state index contributed by atoms with van der Waals surface area (Å²) in [5, 5.41) is 59.2. The molecular weight excluding hydrogens is 1660 g/mol. The molecule has 12 rings (SSSR count). The number of aromatic hydroxyl groups is 2. The predicted octanol–water partition coefficient (Wildman–Crippen LogP) is 17.6. The second-order valence-electron chi connectivity index (χ2n) is 24.6. The normalized spacial score (nSPS) is 9.94. The van der Waals surface area contributed by atoms with Crippen LogP contribution in [0.15, 0.2) is 201 Å². The second-order valence-corrected chi connectivity index (χ2v) is 25.9. The van der Waals surface area contributed by atoms with E-state index in [4.69, 9.17) is 99.5 Å². The van der Waals surface area contributed by atoms with Crippen LogP contribution < -0.4 is 34.0 Å². The second kappa shape index (κ2) is 58.5. The van der Waals surface area contributed by atoms with Crippen LogP contribution in [-0.2, 0) is 46.5 Å². The van der Waals surface area contributed by atoms with E-state index in [-0.39, 0.29) is 130 Å². The van der Waals surface area contributed by atoms with E-state index in [9.17, 15) is 29.4 Å². The topological polar surface area (TPSA) is 370 Å². The molecule has 4 aromatic carbocycles. The van der Waals surface area contributed by atoms with E-state index in [0.29, 0.717) is 97.0 Å². The molecule has 5 N–H and O–H groups in total. The Bertz CT molecular complexity index is 4940. The first-order valence-electron chi connectivity index (χ1n) is 35.4. The van der Waals surface area contributed by atoms with Crippen LogP contribution in [0.3, 0.4) is 0 Å². The number of carbonyl (C=O) groups is 4. The summed E-state index contributed by atoms with van der Waals surface area (Å²) in [6.45, 7) is 12.9. The molecule has 0 fully saturated rings. The van der Waals surface area contributed by atoms with Gasteiger partial charge < -0.3 is 68.0 Å². The van der Waals surface area contributed by atoms with Gasteiger partial charge in [0.05, 0.1) is 63.1 Å². The number of rotatable bonds is 30. The number of halogens is 5. The largest absolute Gasteiger partial charge is 0.507 e. The Morgan fingerprint density at radius 2 is 0.678 bits per heavy atom. The number of pyridine rings is 5. The van der Waals surface area contributed by atoms with Crippen LogP contribution in [0.25, 0.3) is 22.8 Å². The van der Waals surface area contributed by atoms with Crippen molar-refractivity contribution in [3.8, 4) is 68.8 Å². The van der Waals surface area contributed by atoms with Crippen molar-refractivity contribution in [2.24, 2.45) is 0 Å². The van der Waals surface area contributed by atoms with Crippen LogP contribution in [-0.4, -0.2) is 154 Å². The fourth-order valence-corrected chi connectivity index (χ4v) is 10.9. The molecule has 8 aromatic heterocycles. The van der Waals surface area contributed by atoms with Gasteiger partial charge in [-0.05, 0) is 139 Å². The standard InChI is InChI=1S/C21H23N3O4.C19H19N3O3.C15H14ClNO4.C9H10O4.C6H11BN2O2.C6H5Cl2N.C6H6ClNO.4CH4.ClH/c1-15(2)24-18(9-11-23-24)21-16(6-5-10-22-21)13-27-19-7-4-8-20(17(19)12-25)28-14-26-3;1-13(2)22-16(8-10-21-22)19-14(5-4-9-20-19)12-25-18-7-3-6-17(24)15(18)11-23;1-19-10-21-14-6-2-5-13(12(14)8-18)20-9-11-4-3-7-17-15(11)16;1-12-6-13-9-4-2-3-8(11)7(9)5-10;1-5(2)9-6(7(10)11)3-4-8-9;7-4-5-2-1-3-9-6(5)8;7-6-5(4-9)2-1-3-8-6;;;;;/h4-12,15H,13-14H2,1-3H3;3-11,13,24H,12H2,1-2H3;2-8H,9-10H2,1H3;2-5,11H,6H2,1H3;3-5,10-11H,1-2H3;1-3H,4H2;1-3,9H,4H2;4*1H4;1H. The molecule has 8 heterocycles. The Kier molecular flexibility index (Phi) is 52.0. The highest BCUT2D eigenvalue weighted by atomic mass is 35.5. The number of ether oxygens (including phenoxy) is 9. The van der Waals surface area contributed by atoms with Crippen LogP contribution in [0.1, 0.15) is 159 Å². The first kappa shape index (κ1) is 108. The molecule has 0 aliphatic heterocycles. The maximum atomic E-state index is 11.6. The van der Waals surface area contributed by atoms with Crippen LogP contribution in [0.2, 0.25) is 15.5 Å².